The molecule has 1 saturated heterocycles. The maximum Gasteiger partial charge on any atom is 0.321 e. The number of aryl methyl sites for hydroxylation is 2. The first kappa shape index (κ1) is 19.1. The number of carbonyl (C=O) groups is 2. The zero-order valence-corrected chi connectivity index (χ0v) is 16.6. The highest BCUT2D eigenvalue weighted by Crippen LogP contribution is 2.34. The fourth-order valence-electron chi connectivity index (χ4n) is 3.13. The minimum absolute atomic E-state index is 0.167. The summed E-state index contributed by atoms with van der Waals surface area (Å²) in [7, 11) is 0. The molecule has 1 aliphatic rings. The van der Waals surface area contributed by atoms with Gasteiger partial charge in [-0.15, -0.1) is 16.4 Å². The van der Waals surface area contributed by atoms with E-state index in [1.54, 1.807) is 4.90 Å². The molecule has 0 radical (unpaired) electrons. The van der Waals surface area contributed by atoms with Crippen LogP contribution in [0.5, 0.6) is 0 Å². The third-order valence-corrected chi connectivity index (χ3v) is 6.03. The summed E-state index contributed by atoms with van der Waals surface area (Å²) in [6.07, 6.45) is 0. The van der Waals surface area contributed by atoms with Crippen LogP contribution in [0.15, 0.2) is 24.3 Å². The Bertz CT molecular complexity index is 1110. The van der Waals surface area contributed by atoms with Crippen molar-refractivity contribution in [1.29, 1.82) is 0 Å². The Labute approximate surface area is 169 Å². The number of nitrogen functional groups attached to an aromatic ring is 1. The van der Waals surface area contributed by atoms with Gasteiger partial charge in [-0.25, -0.2) is 9.18 Å². The number of nitrogens with two attached hydrogens (primary N) is 1. The van der Waals surface area contributed by atoms with Crippen molar-refractivity contribution in [1.82, 2.24) is 20.4 Å². The van der Waals surface area contributed by atoms with Gasteiger partial charge in [-0.3, -0.25) is 4.79 Å². The number of thiophene rings is 1. The molecule has 4 rings (SSSR count). The fraction of sp³-hybridized carbons (Fsp3) is 0.263. The second-order valence-electron chi connectivity index (χ2n) is 6.95. The van der Waals surface area contributed by atoms with E-state index >= 15 is 0 Å². The van der Waals surface area contributed by atoms with Crippen LogP contribution in [0.4, 0.5) is 20.6 Å². The molecule has 0 bridgehead atoms. The van der Waals surface area contributed by atoms with E-state index in [1.165, 1.54) is 35.6 Å². The number of aromatic nitrogens is 2. The van der Waals surface area contributed by atoms with E-state index in [4.69, 9.17) is 5.73 Å². The van der Waals surface area contributed by atoms with Crippen LogP contribution in [0.2, 0.25) is 0 Å². The summed E-state index contributed by atoms with van der Waals surface area (Å²) >= 11 is 1.21. The number of halogens is 1. The van der Waals surface area contributed by atoms with Crippen molar-refractivity contribution in [2.45, 2.75) is 19.9 Å². The molecule has 3 aromatic rings. The van der Waals surface area contributed by atoms with Crippen molar-refractivity contribution in [3.05, 3.63) is 46.2 Å². The number of hydrogen-bond donors (Lipinski definition) is 3. The highest BCUT2D eigenvalue weighted by Gasteiger charge is 2.33. The van der Waals surface area contributed by atoms with Crippen LogP contribution in [0.25, 0.3) is 10.2 Å². The molecule has 29 heavy (non-hydrogen) atoms. The van der Waals surface area contributed by atoms with Gasteiger partial charge in [0.2, 0.25) is 0 Å². The molecule has 150 valence electrons. The molecule has 2 aromatic heterocycles. The summed E-state index contributed by atoms with van der Waals surface area (Å²) < 4.78 is 12.9. The lowest BCUT2D eigenvalue weighted by atomic mass is 10.1. The van der Waals surface area contributed by atoms with Gasteiger partial charge in [0.15, 0.2) is 0 Å². The van der Waals surface area contributed by atoms with Gasteiger partial charge in [0, 0.05) is 24.2 Å². The van der Waals surface area contributed by atoms with Crippen molar-refractivity contribution < 1.29 is 14.0 Å². The van der Waals surface area contributed by atoms with Gasteiger partial charge in [-0.05, 0) is 43.7 Å². The topological polar surface area (TPSA) is 113 Å². The van der Waals surface area contributed by atoms with Gasteiger partial charge in [0.05, 0.1) is 17.4 Å². The summed E-state index contributed by atoms with van der Waals surface area (Å²) in [4.78, 5) is 27.4. The predicted octanol–water partition coefficient (Wildman–Crippen LogP) is 2.68. The Hall–Kier alpha value is -3.27. The van der Waals surface area contributed by atoms with E-state index in [0.29, 0.717) is 34.2 Å². The molecule has 10 heteroatoms. The van der Waals surface area contributed by atoms with Crippen molar-refractivity contribution >= 4 is 44.9 Å². The number of nitrogens with zero attached hydrogens (tertiary/aromatic N) is 3. The Morgan fingerprint density at radius 2 is 1.90 bits per heavy atom. The molecule has 0 aliphatic carbocycles. The van der Waals surface area contributed by atoms with Crippen LogP contribution >= 0.6 is 11.3 Å². The maximum atomic E-state index is 12.9. The van der Waals surface area contributed by atoms with Gasteiger partial charge in [0.25, 0.3) is 5.91 Å². The minimum Gasteiger partial charge on any atom is -0.397 e. The van der Waals surface area contributed by atoms with E-state index < -0.39 is 0 Å². The van der Waals surface area contributed by atoms with Gasteiger partial charge in [-0.2, -0.15) is 5.10 Å². The number of urea groups is 1. The molecule has 0 spiro atoms. The number of benzene rings is 1. The number of likely N-dealkylation sites (tertiary alicyclic amines) is 1. The number of carbonyl (C=O) groups excluding carboxylic acids is 2. The van der Waals surface area contributed by atoms with Crippen LogP contribution in [-0.2, 0) is 0 Å². The molecule has 0 saturated carbocycles. The Kier molecular flexibility index (Phi) is 4.79. The number of fused-ring (bicyclic) bond motifs is 1. The average Bonchev–Trinajstić information content (AvgIpc) is 3.00. The lowest BCUT2D eigenvalue weighted by molar-refractivity contribution is 0.0869. The summed E-state index contributed by atoms with van der Waals surface area (Å²) in [6.45, 7) is 4.50. The van der Waals surface area contributed by atoms with Gasteiger partial charge in [-0.1, -0.05) is 0 Å². The summed E-state index contributed by atoms with van der Waals surface area (Å²) in [6, 6.07) is 5.06. The summed E-state index contributed by atoms with van der Waals surface area (Å²) in [5.41, 5.74) is 8.80. The normalized spacial score (nSPS) is 14.0. The smallest absolute Gasteiger partial charge is 0.321 e. The second-order valence-corrected chi connectivity index (χ2v) is 7.95. The lowest BCUT2D eigenvalue weighted by Crippen LogP contribution is -2.61. The standard InChI is InChI=1S/C19H19FN6O2S/c1-9-10(2)24-25-18-14(9)15(21)16(29-18)17(27)22-13-7-26(8-13)19(28)23-12-5-3-11(20)4-6-12/h3-6,13H,7-8,21H2,1-2H3,(H,22,27)(H,23,28). The van der Waals surface area contributed by atoms with Crippen molar-refractivity contribution in [2.75, 3.05) is 24.1 Å². The van der Waals surface area contributed by atoms with E-state index in [1.807, 2.05) is 13.8 Å². The molecule has 1 fully saturated rings. The minimum atomic E-state index is -0.369. The third-order valence-electron chi connectivity index (χ3n) is 4.94. The maximum absolute atomic E-state index is 12.9. The molecule has 3 heterocycles. The van der Waals surface area contributed by atoms with Crippen LogP contribution < -0.4 is 16.4 Å². The highest BCUT2D eigenvalue weighted by molar-refractivity contribution is 7.21. The van der Waals surface area contributed by atoms with Crippen LogP contribution in [0.3, 0.4) is 0 Å². The van der Waals surface area contributed by atoms with Gasteiger partial charge >= 0.3 is 6.03 Å². The predicted molar refractivity (Wildman–Crippen MR) is 110 cm³/mol. The molecular formula is C19H19FN6O2S. The van der Waals surface area contributed by atoms with Crippen molar-refractivity contribution in [3.8, 4) is 0 Å². The number of amides is 3. The quantitative estimate of drug-likeness (QED) is 0.610. The monoisotopic (exact) mass is 414 g/mol. The summed E-state index contributed by atoms with van der Waals surface area (Å²) in [5.74, 6) is -0.655. The first-order chi connectivity index (χ1) is 13.8. The fourth-order valence-corrected chi connectivity index (χ4v) is 4.14. The third kappa shape index (κ3) is 3.58. The van der Waals surface area contributed by atoms with Crippen LogP contribution in [0.1, 0.15) is 20.9 Å². The Morgan fingerprint density at radius 1 is 1.21 bits per heavy atom. The van der Waals surface area contributed by atoms with Gasteiger partial charge < -0.3 is 21.3 Å². The van der Waals surface area contributed by atoms with Crippen LogP contribution in [-0.4, -0.2) is 46.2 Å². The molecule has 8 nitrogen and oxygen atoms in total. The highest BCUT2D eigenvalue weighted by atomic mass is 32.1. The lowest BCUT2D eigenvalue weighted by Gasteiger charge is -2.39. The van der Waals surface area contributed by atoms with Gasteiger partial charge in [0.1, 0.15) is 15.5 Å². The number of anilines is 2. The second kappa shape index (κ2) is 7.28. The number of rotatable bonds is 3. The Morgan fingerprint density at radius 3 is 2.59 bits per heavy atom. The molecule has 0 atom stereocenters. The largest absolute Gasteiger partial charge is 0.397 e. The molecule has 1 aliphatic heterocycles. The van der Waals surface area contributed by atoms with Crippen molar-refractivity contribution in [2.24, 2.45) is 0 Å². The Balaban J connectivity index is 1.37. The number of nitrogens with one attached hydrogen (secondary N) is 2. The van der Waals surface area contributed by atoms with E-state index in [2.05, 4.69) is 20.8 Å². The summed E-state index contributed by atoms with van der Waals surface area (Å²) in [5, 5.41) is 14.6. The van der Waals surface area contributed by atoms with Crippen LogP contribution in [0, 0.1) is 19.7 Å². The van der Waals surface area contributed by atoms with Crippen molar-refractivity contribution in [3.63, 3.8) is 0 Å². The molecule has 1 aromatic carbocycles. The molecule has 3 amide bonds. The first-order valence-corrected chi connectivity index (χ1v) is 9.79. The molecule has 0 unspecified atom stereocenters. The van der Waals surface area contributed by atoms with E-state index in [-0.39, 0.29) is 23.8 Å². The van der Waals surface area contributed by atoms with E-state index in [0.717, 1.165) is 16.6 Å². The first-order valence-electron chi connectivity index (χ1n) is 8.97. The van der Waals surface area contributed by atoms with E-state index in [9.17, 15) is 14.0 Å². The zero-order chi connectivity index (χ0) is 20.7. The number of hydrogen-bond acceptors (Lipinski definition) is 6. The SMILES string of the molecule is Cc1nnc2sc(C(=O)NC3CN(C(=O)Nc4ccc(F)cc4)C3)c(N)c2c1C. The average molecular weight is 414 g/mol. The zero-order valence-electron chi connectivity index (χ0n) is 15.8. The molecular weight excluding hydrogens is 395 g/mol. The molecule has 4 N–H and O–H groups in total.